The molecule has 1 aromatic carbocycles. The fraction of sp³-hybridized carbons (Fsp3) is 0.556. The molecule has 27 heavy (non-hydrogen) atoms. The molecule has 1 aromatic rings. The number of carbonyl (C=O) groups excluding carboxylic acids is 2. The molecule has 0 spiro atoms. The highest BCUT2D eigenvalue weighted by Crippen LogP contribution is 2.42. The first kappa shape index (κ1) is 20.3. The molecule has 3 aliphatic rings. The number of anilines is 1. The van der Waals surface area contributed by atoms with Crippen molar-refractivity contribution in [2.45, 2.75) is 37.1 Å². The zero-order valence-corrected chi connectivity index (χ0v) is 16.1. The maximum absolute atomic E-state index is 13.3. The fourth-order valence-electron chi connectivity index (χ4n) is 4.29. The van der Waals surface area contributed by atoms with Crippen molar-refractivity contribution in [2.75, 3.05) is 25.0 Å². The van der Waals surface area contributed by atoms with Crippen LogP contribution < -0.4 is 10.6 Å². The van der Waals surface area contributed by atoms with Crippen molar-refractivity contribution in [1.29, 1.82) is 0 Å². The molecule has 0 aliphatic carbocycles. The van der Waals surface area contributed by atoms with Crippen LogP contribution in [0.15, 0.2) is 18.2 Å². The Morgan fingerprint density at radius 2 is 1.96 bits per heavy atom. The summed E-state index contributed by atoms with van der Waals surface area (Å²) in [5.41, 5.74) is 1.70. The summed E-state index contributed by atoms with van der Waals surface area (Å²) in [6, 6.07) is 4.60. The highest BCUT2D eigenvalue weighted by atomic mass is 35.5. The number of likely N-dealkylation sites (tertiary alicyclic amines) is 1. The molecule has 148 valence electrons. The number of hydrogen-bond acceptors (Lipinski definition) is 3. The number of nitrogens with one attached hydrogen (secondary N) is 2. The molecule has 4 rings (SSSR count). The number of alkyl halides is 2. The fourth-order valence-corrected chi connectivity index (χ4v) is 4.46. The van der Waals surface area contributed by atoms with Crippen molar-refractivity contribution in [1.82, 2.24) is 10.2 Å². The van der Waals surface area contributed by atoms with E-state index in [1.807, 2.05) is 6.07 Å². The number of nitrogens with zero attached hydrogens (tertiary/aromatic N) is 1. The summed E-state index contributed by atoms with van der Waals surface area (Å²) in [6.45, 7) is 0.529. The summed E-state index contributed by atoms with van der Waals surface area (Å²) in [6.07, 6.45) is 0.912. The molecule has 2 fully saturated rings. The number of halogens is 4. The van der Waals surface area contributed by atoms with Crippen LogP contribution in [0.1, 0.15) is 30.7 Å². The first-order chi connectivity index (χ1) is 12.3. The molecule has 2 saturated heterocycles. The van der Waals surface area contributed by atoms with E-state index in [4.69, 9.17) is 11.6 Å². The molecular formula is C18H21Cl2F2N3O2. The molecular weight excluding hydrogens is 399 g/mol. The van der Waals surface area contributed by atoms with Gasteiger partial charge in [0.2, 0.25) is 11.8 Å². The quantitative estimate of drug-likeness (QED) is 0.774. The number of piperidine rings is 1. The van der Waals surface area contributed by atoms with Crippen molar-refractivity contribution < 1.29 is 18.4 Å². The van der Waals surface area contributed by atoms with E-state index in [1.165, 1.54) is 0 Å². The van der Waals surface area contributed by atoms with Crippen molar-refractivity contribution in [3.05, 3.63) is 28.8 Å². The predicted molar refractivity (Wildman–Crippen MR) is 101 cm³/mol. The van der Waals surface area contributed by atoms with Crippen LogP contribution in [0.25, 0.3) is 0 Å². The number of benzene rings is 1. The van der Waals surface area contributed by atoms with Crippen molar-refractivity contribution in [2.24, 2.45) is 5.92 Å². The average molecular weight is 420 g/mol. The van der Waals surface area contributed by atoms with Crippen molar-refractivity contribution in [3.8, 4) is 0 Å². The van der Waals surface area contributed by atoms with Crippen LogP contribution in [0.4, 0.5) is 14.5 Å². The minimum atomic E-state index is -2.81. The Labute approximate surface area is 167 Å². The lowest BCUT2D eigenvalue weighted by atomic mass is 9.80. The minimum Gasteiger partial charge on any atom is -0.341 e. The lowest BCUT2D eigenvalue weighted by Gasteiger charge is -2.35. The first-order valence-electron chi connectivity index (χ1n) is 8.84. The van der Waals surface area contributed by atoms with E-state index in [-0.39, 0.29) is 36.1 Å². The third-order valence-electron chi connectivity index (χ3n) is 5.62. The van der Waals surface area contributed by atoms with Crippen LogP contribution in [0.5, 0.6) is 0 Å². The van der Waals surface area contributed by atoms with Gasteiger partial charge in [0.25, 0.3) is 5.92 Å². The molecule has 0 radical (unpaired) electrons. The number of amides is 2. The molecule has 5 nitrogen and oxygen atoms in total. The maximum atomic E-state index is 13.3. The average Bonchev–Trinajstić information content (AvgIpc) is 3.12. The zero-order chi connectivity index (χ0) is 18.5. The molecule has 3 heterocycles. The van der Waals surface area contributed by atoms with Gasteiger partial charge in [0.1, 0.15) is 0 Å². The van der Waals surface area contributed by atoms with Gasteiger partial charge in [-0.1, -0.05) is 17.7 Å². The van der Waals surface area contributed by atoms with E-state index in [2.05, 4.69) is 10.6 Å². The van der Waals surface area contributed by atoms with Gasteiger partial charge in [-0.15, -0.1) is 12.4 Å². The molecule has 9 heteroatoms. The maximum Gasteiger partial charge on any atom is 0.262 e. The van der Waals surface area contributed by atoms with Gasteiger partial charge in [0, 0.05) is 30.2 Å². The predicted octanol–water partition coefficient (Wildman–Crippen LogP) is 3.03. The highest BCUT2D eigenvalue weighted by molar-refractivity contribution is 6.31. The third kappa shape index (κ3) is 3.91. The Morgan fingerprint density at radius 3 is 2.59 bits per heavy atom. The summed E-state index contributed by atoms with van der Waals surface area (Å²) in [5, 5.41) is 6.07. The van der Waals surface area contributed by atoms with Crippen LogP contribution in [0.2, 0.25) is 5.02 Å². The Hall–Kier alpha value is -1.44. The van der Waals surface area contributed by atoms with Crippen LogP contribution in [-0.2, 0) is 9.59 Å². The topological polar surface area (TPSA) is 61.4 Å². The second-order valence-electron chi connectivity index (χ2n) is 7.35. The number of fused-ring (bicyclic) bond motifs is 1. The monoisotopic (exact) mass is 419 g/mol. The summed E-state index contributed by atoms with van der Waals surface area (Å²) in [5.74, 6) is -3.23. The zero-order valence-electron chi connectivity index (χ0n) is 14.5. The van der Waals surface area contributed by atoms with Crippen LogP contribution in [-0.4, -0.2) is 48.3 Å². The van der Waals surface area contributed by atoms with Gasteiger partial charge in [-0.2, -0.15) is 0 Å². The van der Waals surface area contributed by atoms with Crippen molar-refractivity contribution in [3.63, 3.8) is 0 Å². The lowest BCUT2D eigenvalue weighted by molar-refractivity contribution is -0.135. The van der Waals surface area contributed by atoms with Gasteiger partial charge >= 0.3 is 0 Å². The van der Waals surface area contributed by atoms with E-state index in [1.54, 1.807) is 17.0 Å². The van der Waals surface area contributed by atoms with Gasteiger partial charge in [0.05, 0.1) is 18.5 Å². The van der Waals surface area contributed by atoms with Gasteiger partial charge in [-0.05, 0) is 36.5 Å². The standard InChI is InChI=1S/C18H20ClF2N3O2.ClH/c19-11-1-2-12-13(7-11)23-16(25)15(12)10-3-5-24(6-4-10)17(26)14-8-18(20,21)9-22-14;/h1-2,7,10,14-15,22H,3-6,8-9H2,(H,23,25);1H. The molecule has 2 amide bonds. The molecule has 2 unspecified atom stereocenters. The van der Waals surface area contributed by atoms with E-state index in [9.17, 15) is 18.4 Å². The molecule has 2 atom stereocenters. The number of carbonyl (C=O) groups is 2. The molecule has 0 aromatic heterocycles. The van der Waals surface area contributed by atoms with Gasteiger partial charge in [-0.3, -0.25) is 14.9 Å². The summed E-state index contributed by atoms with van der Waals surface area (Å²) >= 11 is 5.99. The number of rotatable bonds is 2. The molecule has 2 N–H and O–H groups in total. The Bertz CT molecular complexity index is 754. The second kappa shape index (κ2) is 7.53. The minimum absolute atomic E-state index is 0. The third-order valence-corrected chi connectivity index (χ3v) is 5.86. The normalized spacial score (nSPS) is 27.1. The lowest BCUT2D eigenvalue weighted by Crippen LogP contribution is -2.47. The summed E-state index contributed by atoms with van der Waals surface area (Å²) in [4.78, 5) is 26.5. The van der Waals surface area contributed by atoms with Gasteiger partial charge in [0.15, 0.2) is 0 Å². The Balaban J connectivity index is 0.00000210. The second-order valence-corrected chi connectivity index (χ2v) is 7.79. The highest BCUT2D eigenvalue weighted by Gasteiger charge is 2.45. The SMILES string of the molecule is Cl.O=C1Nc2cc(Cl)ccc2C1C1CCN(C(=O)C2CC(F)(F)CN2)CC1. The number of hydrogen-bond donors (Lipinski definition) is 2. The molecule has 0 saturated carbocycles. The smallest absolute Gasteiger partial charge is 0.262 e. The van der Waals surface area contributed by atoms with Crippen LogP contribution in [0, 0.1) is 5.92 Å². The van der Waals surface area contributed by atoms with E-state index in [0.29, 0.717) is 31.0 Å². The molecule has 3 aliphatic heterocycles. The Kier molecular flexibility index (Phi) is 5.66. The van der Waals surface area contributed by atoms with Crippen LogP contribution in [0.3, 0.4) is 0 Å². The van der Waals surface area contributed by atoms with Crippen molar-refractivity contribution >= 4 is 41.5 Å². The van der Waals surface area contributed by atoms with E-state index >= 15 is 0 Å². The van der Waals surface area contributed by atoms with Gasteiger partial charge < -0.3 is 10.2 Å². The Morgan fingerprint density at radius 1 is 1.26 bits per heavy atom. The first-order valence-corrected chi connectivity index (χ1v) is 9.22. The van der Waals surface area contributed by atoms with Crippen LogP contribution >= 0.6 is 24.0 Å². The summed E-state index contributed by atoms with van der Waals surface area (Å²) in [7, 11) is 0. The van der Waals surface area contributed by atoms with E-state index in [0.717, 1.165) is 11.3 Å². The summed E-state index contributed by atoms with van der Waals surface area (Å²) < 4.78 is 26.6. The largest absolute Gasteiger partial charge is 0.341 e. The molecule has 0 bridgehead atoms. The van der Waals surface area contributed by atoms with Gasteiger partial charge in [-0.25, -0.2) is 8.78 Å². The van der Waals surface area contributed by atoms with E-state index < -0.39 is 24.9 Å².